The number of carbonyl (C=O) groups excluding carboxylic acids is 1. The van der Waals surface area contributed by atoms with E-state index in [2.05, 4.69) is 37.8 Å². The van der Waals surface area contributed by atoms with Crippen molar-refractivity contribution in [2.75, 3.05) is 31.2 Å². The largest absolute Gasteiger partial charge is 0.378 e. The number of hydrogen-bond donors (Lipinski definition) is 1. The molecule has 1 fully saturated rings. The third-order valence-electron chi connectivity index (χ3n) is 3.72. The van der Waals surface area contributed by atoms with E-state index in [0.29, 0.717) is 12.1 Å². The van der Waals surface area contributed by atoms with Gasteiger partial charge in [-0.3, -0.25) is 4.79 Å². The van der Waals surface area contributed by atoms with E-state index >= 15 is 0 Å². The lowest BCUT2D eigenvalue weighted by atomic mass is 10.2. The van der Waals surface area contributed by atoms with E-state index in [1.807, 2.05) is 36.4 Å². The maximum Gasteiger partial charge on any atom is 0.252 e. The van der Waals surface area contributed by atoms with Crippen molar-refractivity contribution in [3.05, 3.63) is 57.3 Å². The van der Waals surface area contributed by atoms with Gasteiger partial charge in [0.2, 0.25) is 0 Å². The summed E-state index contributed by atoms with van der Waals surface area (Å²) in [6, 6.07) is 11.5. The zero-order valence-corrected chi connectivity index (χ0v) is 14.8. The van der Waals surface area contributed by atoms with Gasteiger partial charge in [-0.15, -0.1) is 0 Å². The Kier molecular flexibility index (Phi) is 5.45. The first-order valence-electron chi connectivity index (χ1n) is 7.54. The topological polar surface area (TPSA) is 54.5 Å². The number of morpholine rings is 1. The van der Waals surface area contributed by atoms with Gasteiger partial charge in [-0.2, -0.15) is 0 Å². The third-order valence-corrected chi connectivity index (χ3v) is 4.66. The van der Waals surface area contributed by atoms with Crippen molar-refractivity contribution in [3.8, 4) is 0 Å². The van der Waals surface area contributed by atoms with Crippen LogP contribution in [0.25, 0.3) is 0 Å². The Hall–Kier alpha value is -1.67. The highest BCUT2D eigenvalue weighted by atomic mass is 127. The first kappa shape index (κ1) is 16.2. The molecule has 1 aliphatic rings. The fourth-order valence-corrected chi connectivity index (χ4v) is 3.09. The van der Waals surface area contributed by atoms with E-state index in [1.54, 1.807) is 6.20 Å². The zero-order chi connectivity index (χ0) is 16.1. The summed E-state index contributed by atoms with van der Waals surface area (Å²) >= 11 is 2.18. The van der Waals surface area contributed by atoms with Gasteiger partial charge in [-0.05, 0) is 52.4 Å². The molecule has 0 bridgehead atoms. The summed E-state index contributed by atoms with van der Waals surface area (Å²) in [7, 11) is 0. The Morgan fingerprint density at radius 1 is 1.26 bits per heavy atom. The molecule has 3 rings (SSSR count). The van der Waals surface area contributed by atoms with Gasteiger partial charge in [-0.25, -0.2) is 4.98 Å². The van der Waals surface area contributed by atoms with Gasteiger partial charge in [0.1, 0.15) is 5.82 Å². The number of ether oxygens (including phenoxy) is 1. The minimum Gasteiger partial charge on any atom is -0.378 e. The highest BCUT2D eigenvalue weighted by Crippen LogP contribution is 2.15. The number of aromatic nitrogens is 1. The lowest BCUT2D eigenvalue weighted by Gasteiger charge is -2.28. The van der Waals surface area contributed by atoms with Crippen LogP contribution in [0.5, 0.6) is 0 Å². The molecule has 2 aromatic rings. The van der Waals surface area contributed by atoms with Gasteiger partial charge < -0.3 is 15.0 Å². The van der Waals surface area contributed by atoms with Crippen LogP contribution in [-0.4, -0.2) is 37.2 Å². The zero-order valence-electron chi connectivity index (χ0n) is 12.7. The third kappa shape index (κ3) is 4.20. The minimum atomic E-state index is -0.0558. The van der Waals surface area contributed by atoms with Gasteiger partial charge in [0, 0.05) is 29.4 Å². The lowest BCUT2D eigenvalue weighted by molar-refractivity contribution is 0.0950. The second-order valence-electron chi connectivity index (χ2n) is 5.28. The number of rotatable bonds is 4. The van der Waals surface area contributed by atoms with Crippen LogP contribution in [0, 0.1) is 3.57 Å². The molecule has 0 spiro atoms. The molecule has 6 heteroatoms. The van der Waals surface area contributed by atoms with Crippen LogP contribution in [0.2, 0.25) is 0 Å². The molecule has 23 heavy (non-hydrogen) atoms. The number of pyridine rings is 1. The van der Waals surface area contributed by atoms with E-state index in [4.69, 9.17) is 4.74 Å². The van der Waals surface area contributed by atoms with Gasteiger partial charge in [0.25, 0.3) is 5.91 Å². The molecule has 1 aromatic heterocycles. The number of nitrogens with one attached hydrogen (secondary N) is 1. The Bertz CT molecular complexity index is 687. The van der Waals surface area contributed by atoms with Crippen molar-refractivity contribution in [1.82, 2.24) is 10.3 Å². The second kappa shape index (κ2) is 7.74. The number of halogens is 1. The standard InChI is InChI=1S/C17H18IN3O2/c18-15-4-2-1-3-14(15)17(22)20-12-13-5-6-19-16(11-13)21-7-9-23-10-8-21/h1-6,11H,7-10,12H2,(H,20,22). The van der Waals surface area contributed by atoms with Crippen molar-refractivity contribution in [1.29, 1.82) is 0 Å². The van der Waals surface area contributed by atoms with Crippen molar-refractivity contribution in [3.63, 3.8) is 0 Å². The average molecular weight is 423 g/mol. The summed E-state index contributed by atoms with van der Waals surface area (Å²) in [5.41, 5.74) is 1.75. The van der Waals surface area contributed by atoms with E-state index in [0.717, 1.165) is 41.3 Å². The molecular weight excluding hydrogens is 405 g/mol. The van der Waals surface area contributed by atoms with E-state index < -0.39 is 0 Å². The number of benzene rings is 1. The molecule has 0 unspecified atom stereocenters. The molecule has 1 aliphatic heterocycles. The van der Waals surface area contributed by atoms with Crippen LogP contribution >= 0.6 is 22.6 Å². The number of carbonyl (C=O) groups is 1. The Balaban J connectivity index is 1.64. The highest BCUT2D eigenvalue weighted by molar-refractivity contribution is 14.1. The maximum atomic E-state index is 12.3. The Morgan fingerprint density at radius 3 is 2.83 bits per heavy atom. The van der Waals surface area contributed by atoms with Crippen molar-refractivity contribution in [2.45, 2.75) is 6.54 Å². The van der Waals surface area contributed by atoms with Crippen LogP contribution in [0.15, 0.2) is 42.6 Å². The first-order chi connectivity index (χ1) is 11.2. The summed E-state index contributed by atoms with van der Waals surface area (Å²) in [4.78, 5) is 18.9. The molecule has 2 heterocycles. The maximum absolute atomic E-state index is 12.3. The fraction of sp³-hybridized carbons (Fsp3) is 0.294. The molecule has 1 aromatic carbocycles. The summed E-state index contributed by atoms with van der Waals surface area (Å²) in [5, 5.41) is 2.97. The Morgan fingerprint density at radius 2 is 2.04 bits per heavy atom. The summed E-state index contributed by atoms with van der Waals surface area (Å²) in [6.45, 7) is 3.66. The average Bonchev–Trinajstić information content (AvgIpc) is 2.61. The summed E-state index contributed by atoms with van der Waals surface area (Å²) in [5.74, 6) is 0.883. The molecular formula is C17H18IN3O2. The fourth-order valence-electron chi connectivity index (χ4n) is 2.46. The van der Waals surface area contributed by atoms with Gasteiger partial charge in [0.15, 0.2) is 0 Å². The van der Waals surface area contributed by atoms with Gasteiger partial charge >= 0.3 is 0 Å². The lowest BCUT2D eigenvalue weighted by Crippen LogP contribution is -2.36. The smallest absolute Gasteiger partial charge is 0.252 e. The molecule has 0 aliphatic carbocycles. The van der Waals surface area contributed by atoms with Gasteiger partial charge in [0.05, 0.1) is 18.8 Å². The molecule has 1 amide bonds. The predicted octanol–water partition coefficient (Wildman–Crippen LogP) is 2.45. The van der Waals surface area contributed by atoms with Crippen LogP contribution in [0.4, 0.5) is 5.82 Å². The number of nitrogens with zero attached hydrogens (tertiary/aromatic N) is 2. The molecule has 1 saturated heterocycles. The van der Waals surface area contributed by atoms with E-state index in [-0.39, 0.29) is 5.91 Å². The number of anilines is 1. The summed E-state index contributed by atoms with van der Waals surface area (Å²) in [6.07, 6.45) is 1.79. The van der Waals surface area contributed by atoms with Crippen LogP contribution < -0.4 is 10.2 Å². The molecule has 0 saturated carbocycles. The minimum absolute atomic E-state index is 0.0558. The Labute approximate surface area is 149 Å². The molecule has 1 N–H and O–H groups in total. The molecule has 0 radical (unpaired) electrons. The van der Waals surface area contributed by atoms with Crippen LogP contribution in [0.1, 0.15) is 15.9 Å². The van der Waals surface area contributed by atoms with Crippen molar-refractivity contribution in [2.24, 2.45) is 0 Å². The molecule has 5 nitrogen and oxygen atoms in total. The molecule has 0 atom stereocenters. The van der Waals surface area contributed by atoms with Crippen LogP contribution in [-0.2, 0) is 11.3 Å². The normalized spacial score (nSPS) is 14.6. The van der Waals surface area contributed by atoms with E-state index in [9.17, 15) is 4.79 Å². The summed E-state index contributed by atoms with van der Waals surface area (Å²) < 4.78 is 6.31. The van der Waals surface area contributed by atoms with Crippen molar-refractivity contribution >= 4 is 34.3 Å². The van der Waals surface area contributed by atoms with E-state index in [1.165, 1.54) is 0 Å². The number of hydrogen-bond acceptors (Lipinski definition) is 4. The monoisotopic (exact) mass is 423 g/mol. The quantitative estimate of drug-likeness (QED) is 0.768. The molecule has 120 valence electrons. The first-order valence-corrected chi connectivity index (χ1v) is 8.62. The predicted molar refractivity (Wildman–Crippen MR) is 97.6 cm³/mol. The van der Waals surface area contributed by atoms with Crippen LogP contribution in [0.3, 0.4) is 0 Å². The van der Waals surface area contributed by atoms with Gasteiger partial charge in [-0.1, -0.05) is 12.1 Å². The van der Waals surface area contributed by atoms with Crippen molar-refractivity contribution < 1.29 is 9.53 Å². The second-order valence-corrected chi connectivity index (χ2v) is 6.45. The number of amides is 1. The highest BCUT2D eigenvalue weighted by Gasteiger charge is 2.13. The SMILES string of the molecule is O=C(NCc1ccnc(N2CCOCC2)c1)c1ccccc1I.